The number of carbonyl (C=O) groups is 1. The summed E-state index contributed by atoms with van der Waals surface area (Å²) < 4.78 is 0. The summed E-state index contributed by atoms with van der Waals surface area (Å²) in [7, 11) is 2.10. The molecular weight excluding hydrogens is 402 g/mol. The highest BCUT2D eigenvalue weighted by molar-refractivity contribution is 5.95. The van der Waals surface area contributed by atoms with Gasteiger partial charge in [-0.15, -0.1) is 0 Å². The summed E-state index contributed by atoms with van der Waals surface area (Å²) in [6, 6.07) is 14.7. The zero-order valence-corrected chi connectivity index (χ0v) is 18.0. The van der Waals surface area contributed by atoms with Gasteiger partial charge in [0.2, 0.25) is 0 Å². The first kappa shape index (κ1) is 21.5. The molecule has 1 aliphatic heterocycles. The second-order valence-corrected chi connectivity index (χ2v) is 8.01. The molecule has 1 saturated heterocycles. The van der Waals surface area contributed by atoms with Crippen molar-refractivity contribution in [1.82, 2.24) is 20.2 Å². The number of hydrogen-bond donors (Lipinski definition) is 4. The van der Waals surface area contributed by atoms with Crippen LogP contribution < -0.4 is 16.4 Å². The average molecular weight is 430 g/mol. The first-order valence-electron chi connectivity index (χ1n) is 10.6. The van der Waals surface area contributed by atoms with Crippen LogP contribution in [-0.2, 0) is 0 Å². The number of aromatic nitrogens is 2. The Hall–Kier alpha value is -3.78. The molecule has 4 rings (SSSR count). The van der Waals surface area contributed by atoms with E-state index in [1.807, 2.05) is 30.3 Å². The summed E-state index contributed by atoms with van der Waals surface area (Å²) in [5.74, 6) is 1.06. The topological polar surface area (TPSA) is 120 Å². The van der Waals surface area contributed by atoms with Crippen molar-refractivity contribution >= 4 is 29.3 Å². The number of hydrogen-bond acceptors (Lipinski definition) is 7. The number of rotatable bonds is 6. The molecule has 0 atom stereocenters. The lowest BCUT2D eigenvalue weighted by molar-refractivity contribution is 0.0917. The van der Waals surface area contributed by atoms with Gasteiger partial charge in [0, 0.05) is 46.5 Å². The van der Waals surface area contributed by atoms with Crippen LogP contribution in [-0.4, -0.2) is 53.2 Å². The molecule has 164 valence electrons. The van der Waals surface area contributed by atoms with E-state index in [1.54, 1.807) is 24.4 Å². The molecule has 0 bridgehead atoms. The molecule has 1 aromatic heterocycles. The Bertz CT molecular complexity index is 1120. The summed E-state index contributed by atoms with van der Waals surface area (Å²) >= 11 is 0. The number of carbonyl (C=O) groups excluding carboxylic acids is 1. The Morgan fingerprint density at radius 2 is 2.00 bits per heavy atom. The smallest absolute Gasteiger partial charge is 0.251 e. The minimum Gasteiger partial charge on any atom is -0.398 e. The number of nitrogens with zero attached hydrogens (tertiary/aromatic N) is 3. The minimum atomic E-state index is -0.0725. The number of anilines is 3. The molecule has 1 fully saturated rings. The van der Waals surface area contributed by atoms with E-state index in [-0.39, 0.29) is 11.9 Å². The van der Waals surface area contributed by atoms with Crippen molar-refractivity contribution < 1.29 is 4.79 Å². The predicted octanol–water partition coefficient (Wildman–Crippen LogP) is 3.29. The highest BCUT2D eigenvalue weighted by atomic mass is 16.1. The Kier molecular flexibility index (Phi) is 6.42. The number of nitrogens with one attached hydrogen (secondary N) is 3. The van der Waals surface area contributed by atoms with E-state index in [0.29, 0.717) is 28.5 Å². The fourth-order valence-corrected chi connectivity index (χ4v) is 3.71. The Morgan fingerprint density at radius 1 is 1.19 bits per heavy atom. The zero-order chi connectivity index (χ0) is 22.5. The van der Waals surface area contributed by atoms with Crippen LogP contribution in [0.3, 0.4) is 0 Å². The fraction of sp³-hybridized carbons (Fsp3) is 0.250. The van der Waals surface area contributed by atoms with Crippen LogP contribution >= 0.6 is 0 Å². The summed E-state index contributed by atoms with van der Waals surface area (Å²) in [6.07, 6.45) is 4.81. The van der Waals surface area contributed by atoms with E-state index >= 15 is 0 Å². The third kappa shape index (κ3) is 5.09. The molecule has 2 aromatic carbocycles. The molecule has 0 spiro atoms. The third-order valence-corrected chi connectivity index (χ3v) is 5.61. The van der Waals surface area contributed by atoms with Crippen molar-refractivity contribution in [3.05, 3.63) is 65.9 Å². The summed E-state index contributed by atoms with van der Waals surface area (Å²) in [5.41, 5.74) is 9.17. The van der Waals surface area contributed by atoms with E-state index in [0.717, 1.165) is 37.2 Å². The van der Waals surface area contributed by atoms with Crippen LogP contribution in [0.25, 0.3) is 11.4 Å². The van der Waals surface area contributed by atoms with Crippen molar-refractivity contribution in [1.29, 1.82) is 5.41 Å². The van der Waals surface area contributed by atoms with Gasteiger partial charge < -0.3 is 26.7 Å². The summed E-state index contributed by atoms with van der Waals surface area (Å²) in [4.78, 5) is 24.0. The molecule has 8 nitrogen and oxygen atoms in total. The van der Waals surface area contributed by atoms with Crippen LogP contribution in [0.1, 0.15) is 28.8 Å². The van der Waals surface area contributed by atoms with Gasteiger partial charge in [0.05, 0.1) is 0 Å². The first-order valence-corrected chi connectivity index (χ1v) is 10.6. The van der Waals surface area contributed by atoms with E-state index in [4.69, 9.17) is 11.1 Å². The van der Waals surface area contributed by atoms with Crippen molar-refractivity contribution in [3.63, 3.8) is 0 Å². The van der Waals surface area contributed by atoms with Crippen LogP contribution in [0.2, 0.25) is 0 Å². The van der Waals surface area contributed by atoms with E-state index in [1.165, 1.54) is 6.21 Å². The maximum atomic E-state index is 12.8. The summed E-state index contributed by atoms with van der Waals surface area (Å²) in [5, 5.41) is 13.8. The van der Waals surface area contributed by atoms with Crippen LogP contribution in [0.5, 0.6) is 0 Å². The number of nitrogen functional groups attached to an aromatic ring is 1. The number of benzene rings is 2. The molecule has 0 aliphatic carbocycles. The summed E-state index contributed by atoms with van der Waals surface area (Å²) in [6.45, 7) is 1.99. The molecule has 8 heteroatoms. The maximum absolute atomic E-state index is 12.8. The number of amides is 1. The van der Waals surface area contributed by atoms with Crippen molar-refractivity contribution in [2.75, 3.05) is 31.2 Å². The second kappa shape index (κ2) is 9.57. The molecule has 5 N–H and O–H groups in total. The minimum absolute atomic E-state index is 0.0725. The van der Waals surface area contributed by atoms with E-state index < -0.39 is 0 Å². The van der Waals surface area contributed by atoms with Gasteiger partial charge in [0.15, 0.2) is 5.82 Å². The second-order valence-electron chi connectivity index (χ2n) is 8.01. The first-order chi connectivity index (χ1) is 15.5. The number of piperidine rings is 1. The van der Waals surface area contributed by atoms with Crippen LogP contribution in [0.15, 0.2) is 54.7 Å². The van der Waals surface area contributed by atoms with Gasteiger partial charge in [-0.3, -0.25) is 4.79 Å². The molecule has 3 aromatic rings. The van der Waals surface area contributed by atoms with Gasteiger partial charge in [-0.25, -0.2) is 9.97 Å². The Labute approximate surface area is 187 Å². The van der Waals surface area contributed by atoms with Gasteiger partial charge in [0.1, 0.15) is 5.82 Å². The van der Waals surface area contributed by atoms with Crippen LogP contribution in [0.4, 0.5) is 17.2 Å². The van der Waals surface area contributed by atoms with Gasteiger partial charge in [0.25, 0.3) is 5.91 Å². The van der Waals surface area contributed by atoms with Gasteiger partial charge in [-0.1, -0.05) is 12.1 Å². The molecule has 1 amide bonds. The standard InChI is InChI=1S/C24H27N7O/c1-31-11-8-19(9-12-31)29-24(32)17-4-2-3-16(13-17)23-27-10-7-22(30-23)28-20-5-6-21(26)18(14-20)15-25/h2-7,10,13-15,19,25H,8-9,11-12,26H2,1H3,(H,29,32)(H,27,28,30). The highest BCUT2D eigenvalue weighted by Gasteiger charge is 2.19. The highest BCUT2D eigenvalue weighted by Crippen LogP contribution is 2.22. The normalized spacial score (nSPS) is 14.7. The van der Waals surface area contributed by atoms with Gasteiger partial charge in [-0.2, -0.15) is 0 Å². The lowest BCUT2D eigenvalue weighted by atomic mass is 10.0. The van der Waals surface area contributed by atoms with Gasteiger partial charge >= 0.3 is 0 Å². The van der Waals surface area contributed by atoms with Crippen molar-refractivity contribution in [2.24, 2.45) is 0 Å². The SMILES string of the molecule is CN1CCC(NC(=O)c2cccc(-c3nccc(Nc4ccc(N)c(C=N)c4)n3)c2)CC1. The number of likely N-dealkylation sites (tertiary alicyclic amines) is 1. The van der Waals surface area contributed by atoms with E-state index in [2.05, 4.69) is 32.5 Å². The molecule has 0 saturated carbocycles. The average Bonchev–Trinajstić information content (AvgIpc) is 2.82. The fourth-order valence-electron chi connectivity index (χ4n) is 3.71. The van der Waals surface area contributed by atoms with E-state index in [9.17, 15) is 4.79 Å². The van der Waals surface area contributed by atoms with Gasteiger partial charge in [-0.05, 0) is 69.4 Å². The third-order valence-electron chi connectivity index (χ3n) is 5.61. The molecular formula is C24H27N7O. The lowest BCUT2D eigenvalue weighted by Crippen LogP contribution is -2.43. The molecule has 1 aliphatic rings. The predicted molar refractivity (Wildman–Crippen MR) is 127 cm³/mol. The van der Waals surface area contributed by atoms with Crippen molar-refractivity contribution in [3.8, 4) is 11.4 Å². The lowest BCUT2D eigenvalue weighted by Gasteiger charge is -2.29. The molecule has 0 unspecified atom stereocenters. The molecule has 32 heavy (non-hydrogen) atoms. The largest absolute Gasteiger partial charge is 0.398 e. The monoisotopic (exact) mass is 429 g/mol. The molecule has 0 radical (unpaired) electrons. The van der Waals surface area contributed by atoms with Crippen molar-refractivity contribution in [2.45, 2.75) is 18.9 Å². The quantitative estimate of drug-likeness (QED) is 0.353. The number of nitrogens with two attached hydrogens (primary N) is 1. The zero-order valence-electron chi connectivity index (χ0n) is 18.0. The maximum Gasteiger partial charge on any atom is 0.251 e. The van der Waals surface area contributed by atoms with Crippen LogP contribution in [0, 0.1) is 5.41 Å². The Balaban J connectivity index is 1.49. The molecule has 2 heterocycles. The Morgan fingerprint density at radius 3 is 2.78 bits per heavy atom.